The molecule has 178 valence electrons. The number of nitrogens with zero attached hydrogens (tertiary/aromatic N) is 4. The van der Waals surface area contributed by atoms with E-state index < -0.39 is 5.82 Å². The van der Waals surface area contributed by atoms with E-state index in [0.717, 1.165) is 53.1 Å². The summed E-state index contributed by atoms with van der Waals surface area (Å²) in [6, 6.07) is 18.5. The summed E-state index contributed by atoms with van der Waals surface area (Å²) in [6.07, 6.45) is 7.03. The Hall–Kier alpha value is -4.15. The maximum atomic E-state index is 14.7. The first-order valence-electron chi connectivity index (χ1n) is 12.1. The van der Waals surface area contributed by atoms with Crippen molar-refractivity contribution in [3.05, 3.63) is 83.9 Å². The zero-order chi connectivity index (χ0) is 24.8. The maximum absolute atomic E-state index is 14.7. The number of halogens is 1. The topological polar surface area (TPSA) is 95.9 Å². The number of nitrogens with two attached hydrogens (primary N) is 1. The van der Waals surface area contributed by atoms with Crippen molar-refractivity contribution in [2.75, 3.05) is 0 Å². The Morgan fingerprint density at radius 1 is 0.917 bits per heavy atom. The molecular weight excluding hydrogens is 453 g/mol. The van der Waals surface area contributed by atoms with Crippen LogP contribution in [0, 0.1) is 17.1 Å². The van der Waals surface area contributed by atoms with Gasteiger partial charge in [0, 0.05) is 34.5 Å². The highest BCUT2D eigenvalue weighted by Gasteiger charge is 2.42. The lowest BCUT2D eigenvalue weighted by Gasteiger charge is -2.38. The molecule has 6 nitrogen and oxygen atoms in total. The molecule has 0 saturated carbocycles. The molecule has 6 rings (SSSR count). The van der Waals surface area contributed by atoms with Crippen LogP contribution < -0.4 is 5.73 Å². The molecule has 0 aliphatic carbocycles. The predicted molar refractivity (Wildman–Crippen MR) is 135 cm³/mol. The molecule has 4 aromatic rings. The molecule has 3 aromatic carbocycles. The molecule has 2 saturated heterocycles. The van der Waals surface area contributed by atoms with Crippen molar-refractivity contribution in [2.24, 2.45) is 5.73 Å². The predicted octanol–water partition coefficient (Wildman–Crippen LogP) is 5.07. The monoisotopic (exact) mass is 477 g/mol. The molecule has 36 heavy (non-hydrogen) atoms. The Labute approximate surface area is 208 Å². The molecule has 1 unspecified atom stereocenters. The van der Waals surface area contributed by atoms with Crippen molar-refractivity contribution in [2.45, 2.75) is 43.8 Å². The Balaban J connectivity index is 1.47. The van der Waals surface area contributed by atoms with E-state index in [1.807, 2.05) is 47.4 Å². The van der Waals surface area contributed by atoms with E-state index in [1.165, 1.54) is 12.1 Å². The lowest BCUT2D eigenvalue weighted by atomic mass is 9.90. The van der Waals surface area contributed by atoms with E-state index in [2.05, 4.69) is 10.2 Å². The molecule has 2 aliphatic heterocycles. The van der Waals surface area contributed by atoms with Crippen LogP contribution in [0.3, 0.4) is 0 Å². The van der Waals surface area contributed by atoms with Gasteiger partial charge in [0.15, 0.2) is 0 Å². The van der Waals surface area contributed by atoms with Gasteiger partial charge in [-0.1, -0.05) is 24.3 Å². The highest BCUT2D eigenvalue weighted by atomic mass is 19.1. The Kier molecular flexibility index (Phi) is 5.46. The van der Waals surface area contributed by atoms with Gasteiger partial charge in [0.1, 0.15) is 11.9 Å². The van der Waals surface area contributed by atoms with Crippen LogP contribution in [0.5, 0.6) is 0 Å². The highest BCUT2D eigenvalue weighted by molar-refractivity contribution is 5.99. The van der Waals surface area contributed by atoms with E-state index in [1.54, 1.807) is 18.5 Å². The summed E-state index contributed by atoms with van der Waals surface area (Å²) < 4.78 is 14.7. The van der Waals surface area contributed by atoms with E-state index >= 15 is 0 Å². The standard InChI is InChI=1S/C29H24FN5O/c30-28-11-18(1-3-20(28)14-31)27-10-19(29(36)35-24-6-7-25(35)13-23(32)12-24)5-8-26(27)17-2-4-21-15-33-34-16-22(21)9-17/h1-5,8-11,15-16,23-25H,6-7,12-13,32H2/t23?,24-,25+. The summed E-state index contributed by atoms with van der Waals surface area (Å²) in [5.41, 5.74) is 9.87. The Morgan fingerprint density at radius 2 is 1.61 bits per heavy atom. The molecule has 2 aliphatic rings. The van der Waals surface area contributed by atoms with E-state index in [9.17, 15) is 14.4 Å². The fourth-order valence-electron chi connectivity index (χ4n) is 5.80. The number of carbonyl (C=O) groups excluding carboxylic acids is 1. The van der Waals surface area contributed by atoms with Gasteiger partial charge in [0.25, 0.3) is 5.91 Å². The largest absolute Gasteiger partial charge is 0.333 e. The Morgan fingerprint density at radius 3 is 2.33 bits per heavy atom. The van der Waals surface area contributed by atoms with Crippen LogP contribution in [0.1, 0.15) is 41.6 Å². The second-order valence-electron chi connectivity index (χ2n) is 9.73. The smallest absolute Gasteiger partial charge is 0.254 e. The van der Waals surface area contributed by atoms with Crippen molar-refractivity contribution < 1.29 is 9.18 Å². The minimum absolute atomic E-state index is 0.00916. The number of aromatic nitrogens is 2. The van der Waals surface area contributed by atoms with E-state index in [0.29, 0.717) is 11.1 Å². The van der Waals surface area contributed by atoms with Gasteiger partial charge in [-0.25, -0.2) is 4.39 Å². The summed E-state index contributed by atoms with van der Waals surface area (Å²) in [6.45, 7) is 0. The third kappa shape index (κ3) is 3.80. The summed E-state index contributed by atoms with van der Waals surface area (Å²) in [5.74, 6) is -0.598. The number of hydrogen-bond acceptors (Lipinski definition) is 5. The average Bonchev–Trinajstić information content (AvgIpc) is 3.18. The van der Waals surface area contributed by atoms with Gasteiger partial charge in [-0.05, 0) is 78.3 Å². The average molecular weight is 478 g/mol. The van der Waals surface area contributed by atoms with Gasteiger partial charge in [-0.2, -0.15) is 15.5 Å². The van der Waals surface area contributed by atoms with Crippen LogP contribution in [-0.4, -0.2) is 39.1 Å². The zero-order valence-electron chi connectivity index (χ0n) is 19.6. The van der Waals surface area contributed by atoms with E-state index in [4.69, 9.17) is 5.73 Å². The molecule has 1 amide bonds. The van der Waals surface area contributed by atoms with Crippen LogP contribution in [0.25, 0.3) is 33.0 Å². The normalized spacial score (nSPS) is 20.9. The number of rotatable bonds is 3. The quantitative estimate of drug-likeness (QED) is 0.445. The third-order valence-corrected chi connectivity index (χ3v) is 7.53. The summed E-state index contributed by atoms with van der Waals surface area (Å²) in [4.78, 5) is 15.7. The first kappa shape index (κ1) is 22.3. The summed E-state index contributed by atoms with van der Waals surface area (Å²) >= 11 is 0. The fourth-order valence-corrected chi connectivity index (χ4v) is 5.80. The number of benzene rings is 3. The minimum atomic E-state index is -0.588. The summed E-state index contributed by atoms with van der Waals surface area (Å²) in [7, 11) is 0. The van der Waals surface area contributed by atoms with Crippen molar-refractivity contribution >= 4 is 16.7 Å². The molecule has 1 aromatic heterocycles. The Bertz CT molecular complexity index is 1530. The van der Waals surface area contributed by atoms with Gasteiger partial charge < -0.3 is 10.6 Å². The molecule has 2 N–H and O–H groups in total. The molecule has 7 heteroatoms. The van der Waals surface area contributed by atoms with Crippen molar-refractivity contribution in [1.82, 2.24) is 15.1 Å². The van der Waals surface area contributed by atoms with Crippen LogP contribution in [0.4, 0.5) is 4.39 Å². The minimum Gasteiger partial charge on any atom is -0.333 e. The second kappa shape index (κ2) is 8.81. The maximum Gasteiger partial charge on any atom is 0.254 e. The third-order valence-electron chi connectivity index (χ3n) is 7.53. The van der Waals surface area contributed by atoms with Gasteiger partial charge in [-0.15, -0.1) is 0 Å². The van der Waals surface area contributed by atoms with Crippen LogP contribution in [0.15, 0.2) is 67.0 Å². The second-order valence-corrected chi connectivity index (χ2v) is 9.73. The fraction of sp³-hybridized carbons (Fsp3) is 0.241. The lowest BCUT2D eigenvalue weighted by Crippen LogP contribution is -2.50. The number of amides is 1. The number of nitriles is 1. The molecule has 0 radical (unpaired) electrons. The number of carbonyl (C=O) groups is 1. The van der Waals surface area contributed by atoms with E-state index in [-0.39, 0.29) is 29.6 Å². The molecule has 2 fully saturated rings. The molecule has 3 atom stereocenters. The van der Waals surface area contributed by atoms with Crippen molar-refractivity contribution in [3.8, 4) is 28.3 Å². The number of fused-ring (bicyclic) bond motifs is 3. The van der Waals surface area contributed by atoms with Gasteiger partial charge in [0.2, 0.25) is 0 Å². The molecule has 0 spiro atoms. The lowest BCUT2D eigenvalue weighted by molar-refractivity contribution is 0.0575. The first-order chi connectivity index (χ1) is 17.5. The highest BCUT2D eigenvalue weighted by Crippen LogP contribution is 2.39. The van der Waals surface area contributed by atoms with Crippen LogP contribution >= 0.6 is 0 Å². The summed E-state index contributed by atoms with van der Waals surface area (Å²) in [5, 5.41) is 19.0. The number of piperidine rings is 1. The van der Waals surface area contributed by atoms with Crippen molar-refractivity contribution in [3.63, 3.8) is 0 Å². The van der Waals surface area contributed by atoms with Gasteiger partial charge in [-0.3, -0.25) is 4.79 Å². The zero-order valence-corrected chi connectivity index (χ0v) is 19.6. The first-order valence-corrected chi connectivity index (χ1v) is 12.1. The number of hydrogen-bond donors (Lipinski definition) is 1. The van der Waals surface area contributed by atoms with Crippen molar-refractivity contribution in [1.29, 1.82) is 5.26 Å². The van der Waals surface area contributed by atoms with Gasteiger partial charge >= 0.3 is 0 Å². The molecular formula is C29H24FN5O. The van der Waals surface area contributed by atoms with Gasteiger partial charge in [0.05, 0.1) is 18.0 Å². The molecule has 2 bridgehead atoms. The SMILES string of the molecule is N#Cc1ccc(-c2cc(C(=O)N3[C@@H]4CC[C@H]3CC(N)C4)ccc2-c2ccc3cnncc3c2)cc1F. The molecule has 3 heterocycles. The van der Waals surface area contributed by atoms with Crippen LogP contribution in [0.2, 0.25) is 0 Å². The van der Waals surface area contributed by atoms with Crippen LogP contribution in [-0.2, 0) is 0 Å².